The summed E-state index contributed by atoms with van der Waals surface area (Å²) < 4.78 is 68.8. The van der Waals surface area contributed by atoms with Crippen molar-refractivity contribution in [2.24, 2.45) is 0 Å². The minimum absolute atomic E-state index is 0.366. The Hall–Kier alpha value is -1.72. The number of amides is 1. The van der Waals surface area contributed by atoms with Crippen molar-refractivity contribution < 1.29 is 41.7 Å². The second kappa shape index (κ2) is 6.64. The molecule has 0 aromatic heterocycles. The zero-order valence-electron chi connectivity index (χ0n) is 16.3. The molecule has 0 spiro atoms. The number of ether oxygens (including phenoxy) is 5. The summed E-state index contributed by atoms with van der Waals surface area (Å²) in [5.41, 5.74) is -1.32. The van der Waals surface area contributed by atoms with Crippen LogP contribution in [0, 0.1) is 0 Å². The first-order valence-electron chi connectivity index (χ1n) is 9.20. The predicted octanol–water partition coefficient (Wildman–Crippen LogP) is 3.04. The molecular weight excluding hydrogens is 395 g/mol. The molecule has 3 fully saturated rings. The zero-order chi connectivity index (χ0) is 21.2. The van der Waals surface area contributed by atoms with E-state index >= 15 is 0 Å². The van der Waals surface area contributed by atoms with Gasteiger partial charge in [-0.05, 0) is 39.8 Å². The molecule has 0 bridgehead atoms. The largest absolute Gasteiger partial charge is 0.418 e. The molecule has 4 rings (SSSR count). The molecule has 1 N–H and O–H groups in total. The van der Waals surface area contributed by atoms with Crippen LogP contribution in [-0.4, -0.2) is 48.2 Å². The maximum Gasteiger partial charge on any atom is 0.418 e. The van der Waals surface area contributed by atoms with E-state index in [4.69, 9.17) is 23.7 Å². The summed E-state index contributed by atoms with van der Waals surface area (Å²) >= 11 is 0. The van der Waals surface area contributed by atoms with Crippen LogP contribution in [-0.2, 0) is 34.7 Å². The third-order valence-corrected chi connectivity index (χ3v) is 4.90. The molecule has 3 heterocycles. The predicted molar refractivity (Wildman–Crippen MR) is 92.6 cm³/mol. The van der Waals surface area contributed by atoms with Crippen LogP contribution in [0.2, 0.25) is 0 Å². The summed E-state index contributed by atoms with van der Waals surface area (Å²) in [6, 6.07) is 4.72. The van der Waals surface area contributed by atoms with Gasteiger partial charge in [-0.25, -0.2) is 0 Å². The van der Waals surface area contributed by atoms with Gasteiger partial charge in [0, 0.05) is 0 Å². The lowest BCUT2D eigenvalue weighted by molar-refractivity contribution is -0.229. The van der Waals surface area contributed by atoms with E-state index in [0.717, 1.165) is 6.07 Å². The topological polar surface area (TPSA) is 75.3 Å². The number of hydrogen-bond donors (Lipinski definition) is 1. The number of carbonyl (C=O) groups excluding carboxylic acids is 1. The highest BCUT2D eigenvalue weighted by atomic mass is 19.4. The summed E-state index contributed by atoms with van der Waals surface area (Å²) in [5, 5.41) is 2.31. The number of anilines is 1. The van der Waals surface area contributed by atoms with Gasteiger partial charge in [-0.3, -0.25) is 4.79 Å². The van der Waals surface area contributed by atoms with Gasteiger partial charge in [0.25, 0.3) is 5.91 Å². The minimum Gasteiger partial charge on any atom is -0.342 e. The summed E-state index contributed by atoms with van der Waals surface area (Å²) in [5.74, 6) is -2.78. The van der Waals surface area contributed by atoms with E-state index in [-0.39, 0.29) is 5.69 Å². The third kappa shape index (κ3) is 3.87. The Balaban J connectivity index is 1.60. The van der Waals surface area contributed by atoms with Crippen molar-refractivity contribution >= 4 is 11.6 Å². The molecule has 29 heavy (non-hydrogen) atoms. The maximum atomic E-state index is 13.3. The van der Waals surface area contributed by atoms with E-state index < -0.39 is 59.9 Å². The van der Waals surface area contributed by atoms with Crippen LogP contribution in [0.3, 0.4) is 0 Å². The van der Waals surface area contributed by atoms with Crippen molar-refractivity contribution in [2.45, 2.75) is 76.2 Å². The molecular formula is C19H22F3NO6. The van der Waals surface area contributed by atoms with Gasteiger partial charge in [-0.15, -0.1) is 0 Å². The average Bonchev–Trinajstić information content (AvgIpc) is 3.07. The molecule has 1 aromatic rings. The van der Waals surface area contributed by atoms with Crippen molar-refractivity contribution in [3.63, 3.8) is 0 Å². The van der Waals surface area contributed by atoms with E-state index in [2.05, 4.69) is 5.32 Å². The van der Waals surface area contributed by atoms with Gasteiger partial charge in [0.2, 0.25) is 0 Å². The van der Waals surface area contributed by atoms with Gasteiger partial charge in [0.05, 0.1) is 11.3 Å². The van der Waals surface area contributed by atoms with Crippen LogP contribution in [0.15, 0.2) is 24.3 Å². The van der Waals surface area contributed by atoms with Gasteiger partial charge in [-0.2, -0.15) is 13.2 Å². The molecule has 3 saturated heterocycles. The Bertz CT molecular complexity index is 811. The minimum atomic E-state index is -4.62. The zero-order valence-corrected chi connectivity index (χ0v) is 16.3. The van der Waals surface area contributed by atoms with Crippen LogP contribution >= 0.6 is 0 Å². The molecule has 7 nitrogen and oxygen atoms in total. The van der Waals surface area contributed by atoms with E-state index in [1.165, 1.54) is 18.2 Å². The second-order valence-corrected chi connectivity index (χ2v) is 8.12. The Morgan fingerprint density at radius 2 is 1.52 bits per heavy atom. The van der Waals surface area contributed by atoms with Crippen LogP contribution in [0.25, 0.3) is 0 Å². The summed E-state index contributed by atoms with van der Waals surface area (Å²) in [6.07, 6.45) is -8.98. The van der Waals surface area contributed by atoms with Crippen molar-refractivity contribution in [3.8, 4) is 0 Å². The van der Waals surface area contributed by atoms with E-state index in [1.807, 2.05) is 0 Å². The molecule has 0 radical (unpaired) electrons. The standard InChI is InChI=1S/C19H22F3NO6/c1-17(2)26-11-12(27-17)14-16(29-18(3,4)28-14)25-13(11)15(24)23-10-8-6-5-7-9(10)19(20,21)22/h5-8,11-14,16H,1-4H3,(H,23,24)/t11-,12+,13-,14+,16-/m1/s1. The Labute approximate surface area is 165 Å². The Morgan fingerprint density at radius 3 is 2.21 bits per heavy atom. The first-order valence-corrected chi connectivity index (χ1v) is 9.20. The van der Waals surface area contributed by atoms with E-state index in [0.29, 0.717) is 0 Å². The van der Waals surface area contributed by atoms with Gasteiger partial charge >= 0.3 is 6.18 Å². The number of fused-ring (bicyclic) bond motifs is 3. The SMILES string of the molecule is CC1(C)O[C@H]2O[C@@H](C(=O)Nc3ccccc3C(F)(F)F)[C@@H]3OC(C)(C)O[C@@H]3[C@@H]2O1. The molecule has 1 aromatic carbocycles. The maximum absolute atomic E-state index is 13.3. The number of halogens is 3. The van der Waals surface area contributed by atoms with Crippen LogP contribution in [0.5, 0.6) is 0 Å². The average molecular weight is 417 g/mol. The molecule has 3 aliphatic heterocycles. The number of alkyl halides is 3. The number of nitrogens with one attached hydrogen (secondary N) is 1. The number of hydrogen-bond acceptors (Lipinski definition) is 6. The van der Waals surface area contributed by atoms with E-state index in [1.54, 1.807) is 27.7 Å². The fourth-order valence-electron chi connectivity index (χ4n) is 3.87. The van der Waals surface area contributed by atoms with Crippen molar-refractivity contribution in [3.05, 3.63) is 29.8 Å². The lowest BCUT2D eigenvalue weighted by Crippen LogP contribution is -2.58. The smallest absolute Gasteiger partial charge is 0.342 e. The van der Waals surface area contributed by atoms with Gasteiger partial charge < -0.3 is 29.0 Å². The van der Waals surface area contributed by atoms with Crippen LogP contribution in [0.1, 0.15) is 33.3 Å². The fourth-order valence-corrected chi connectivity index (χ4v) is 3.87. The van der Waals surface area contributed by atoms with Gasteiger partial charge in [0.15, 0.2) is 24.0 Å². The third-order valence-electron chi connectivity index (χ3n) is 4.90. The normalized spacial score (nSPS) is 35.1. The van der Waals surface area contributed by atoms with Crippen LogP contribution < -0.4 is 5.32 Å². The van der Waals surface area contributed by atoms with Crippen molar-refractivity contribution in [1.82, 2.24) is 0 Å². The number of carbonyl (C=O) groups is 1. The highest BCUT2D eigenvalue weighted by Crippen LogP contribution is 2.44. The molecule has 160 valence electrons. The van der Waals surface area contributed by atoms with Crippen molar-refractivity contribution in [2.75, 3.05) is 5.32 Å². The molecule has 1 amide bonds. The monoisotopic (exact) mass is 417 g/mol. The highest BCUT2D eigenvalue weighted by molar-refractivity contribution is 5.95. The number of rotatable bonds is 2. The van der Waals surface area contributed by atoms with Gasteiger partial charge in [0.1, 0.15) is 18.3 Å². The first kappa shape index (κ1) is 20.5. The molecule has 0 aliphatic carbocycles. The lowest BCUT2D eigenvalue weighted by Gasteiger charge is -2.36. The summed E-state index contributed by atoms with van der Waals surface area (Å²) in [4.78, 5) is 12.9. The lowest BCUT2D eigenvalue weighted by atomic mass is 9.98. The second-order valence-electron chi connectivity index (χ2n) is 8.12. The molecule has 0 saturated carbocycles. The van der Waals surface area contributed by atoms with E-state index in [9.17, 15) is 18.0 Å². The fraction of sp³-hybridized carbons (Fsp3) is 0.632. The quantitative estimate of drug-likeness (QED) is 0.797. The first-order chi connectivity index (χ1) is 13.4. The van der Waals surface area contributed by atoms with Crippen molar-refractivity contribution in [1.29, 1.82) is 0 Å². The molecule has 10 heteroatoms. The van der Waals surface area contributed by atoms with Crippen LogP contribution in [0.4, 0.5) is 18.9 Å². The number of benzene rings is 1. The molecule has 0 unspecified atom stereocenters. The van der Waals surface area contributed by atoms with Gasteiger partial charge in [-0.1, -0.05) is 12.1 Å². The Morgan fingerprint density at radius 1 is 0.931 bits per heavy atom. The summed E-state index contributed by atoms with van der Waals surface area (Å²) in [7, 11) is 0. The molecule has 3 aliphatic rings. The number of para-hydroxylation sites is 1. The summed E-state index contributed by atoms with van der Waals surface area (Å²) in [6.45, 7) is 6.74. The Kier molecular flexibility index (Phi) is 4.71. The highest BCUT2D eigenvalue weighted by Gasteiger charge is 2.62. The molecule has 5 atom stereocenters.